The molecule has 1 aliphatic rings. The molecule has 162 valence electrons. The van der Waals surface area contributed by atoms with Crippen LogP contribution >= 0.6 is 0 Å². The number of nitrogens with one attached hydrogen (secondary N) is 1. The van der Waals surface area contributed by atoms with Gasteiger partial charge in [0.15, 0.2) is 5.65 Å². The van der Waals surface area contributed by atoms with Crippen molar-refractivity contribution in [3.63, 3.8) is 0 Å². The smallest absolute Gasteiger partial charge is 0.163 e. The van der Waals surface area contributed by atoms with Crippen LogP contribution in [0.1, 0.15) is 115 Å². The zero-order chi connectivity index (χ0) is 20.3. The van der Waals surface area contributed by atoms with Crippen LogP contribution in [-0.4, -0.2) is 26.3 Å². The van der Waals surface area contributed by atoms with Gasteiger partial charge in [0.2, 0.25) is 0 Å². The summed E-state index contributed by atoms with van der Waals surface area (Å²) >= 11 is 0. The van der Waals surface area contributed by atoms with Crippen LogP contribution in [0.25, 0.3) is 11.0 Å². The Balaban J connectivity index is 1.43. The van der Waals surface area contributed by atoms with Crippen LogP contribution in [0.2, 0.25) is 0 Å². The summed E-state index contributed by atoms with van der Waals surface area (Å²) in [5.74, 6) is 2.52. The Kier molecular flexibility index (Phi) is 9.23. The van der Waals surface area contributed by atoms with E-state index in [1.807, 2.05) is 17.9 Å². The summed E-state index contributed by atoms with van der Waals surface area (Å²) in [7, 11) is 1.98. The highest BCUT2D eigenvalue weighted by Gasteiger charge is 2.21. The number of nitrogens with zero attached hydrogens (tertiary/aromatic N) is 4. The van der Waals surface area contributed by atoms with Crippen molar-refractivity contribution in [1.82, 2.24) is 19.7 Å². The SMILES string of the molecule is CCCCCCCCCCCCNc1nc(C2CCCCC2)nc2c1cnn2C. The molecule has 2 aromatic heterocycles. The number of anilines is 1. The molecule has 0 amide bonds. The molecule has 5 nitrogen and oxygen atoms in total. The van der Waals surface area contributed by atoms with Crippen LogP contribution in [-0.2, 0) is 7.05 Å². The predicted molar refractivity (Wildman–Crippen MR) is 122 cm³/mol. The van der Waals surface area contributed by atoms with E-state index in [9.17, 15) is 0 Å². The fourth-order valence-corrected chi connectivity index (χ4v) is 4.54. The van der Waals surface area contributed by atoms with Gasteiger partial charge in [0, 0.05) is 19.5 Å². The van der Waals surface area contributed by atoms with E-state index in [0.29, 0.717) is 5.92 Å². The Morgan fingerprint density at radius 1 is 0.897 bits per heavy atom. The molecule has 0 bridgehead atoms. The molecule has 1 saturated carbocycles. The number of unbranched alkanes of at least 4 members (excludes halogenated alkanes) is 9. The highest BCUT2D eigenvalue weighted by molar-refractivity contribution is 5.86. The molecule has 0 unspecified atom stereocenters. The molecule has 2 aromatic rings. The summed E-state index contributed by atoms with van der Waals surface area (Å²) in [6, 6.07) is 0. The number of rotatable bonds is 13. The van der Waals surface area contributed by atoms with Crippen molar-refractivity contribution in [1.29, 1.82) is 0 Å². The second kappa shape index (κ2) is 12.1. The van der Waals surface area contributed by atoms with Crippen molar-refractivity contribution < 1.29 is 0 Å². The summed E-state index contributed by atoms with van der Waals surface area (Å²) in [5.41, 5.74) is 0.964. The minimum atomic E-state index is 0.515. The first-order valence-electron chi connectivity index (χ1n) is 12.2. The van der Waals surface area contributed by atoms with Gasteiger partial charge in [-0.2, -0.15) is 5.10 Å². The van der Waals surface area contributed by atoms with E-state index in [0.717, 1.165) is 29.2 Å². The topological polar surface area (TPSA) is 55.6 Å². The monoisotopic (exact) mass is 399 g/mol. The fourth-order valence-electron chi connectivity index (χ4n) is 4.54. The highest BCUT2D eigenvalue weighted by Crippen LogP contribution is 2.32. The van der Waals surface area contributed by atoms with E-state index in [1.54, 1.807) is 0 Å². The molecule has 1 fully saturated rings. The van der Waals surface area contributed by atoms with Crippen LogP contribution in [0.3, 0.4) is 0 Å². The van der Waals surface area contributed by atoms with Gasteiger partial charge < -0.3 is 5.32 Å². The van der Waals surface area contributed by atoms with E-state index in [4.69, 9.17) is 9.97 Å². The van der Waals surface area contributed by atoms with Gasteiger partial charge in [-0.25, -0.2) is 9.97 Å². The van der Waals surface area contributed by atoms with E-state index >= 15 is 0 Å². The van der Waals surface area contributed by atoms with E-state index in [2.05, 4.69) is 17.3 Å². The normalized spacial score (nSPS) is 15.2. The molecule has 0 radical (unpaired) electrons. The standard InChI is InChI=1S/C24H41N5/c1-3-4-5-6-7-8-9-10-11-15-18-25-23-21-19-26-29(2)24(21)28-22(27-23)20-16-13-12-14-17-20/h19-20H,3-18H2,1-2H3,(H,25,27,28). The Hall–Kier alpha value is -1.65. The summed E-state index contributed by atoms with van der Waals surface area (Å²) < 4.78 is 1.88. The molecule has 0 spiro atoms. The van der Waals surface area contributed by atoms with Gasteiger partial charge in [-0.3, -0.25) is 4.68 Å². The lowest BCUT2D eigenvalue weighted by Crippen LogP contribution is -2.12. The van der Waals surface area contributed by atoms with Crippen LogP contribution in [0.5, 0.6) is 0 Å². The first-order chi connectivity index (χ1) is 14.3. The maximum Gasteiger partial charge on any atom is 0.163 e. The Morgan fingerprint density at radius 3 is 2.24 bits per heavy atom. The fraction of sp³-hybridized carbons (Fsp3) is 0.792. The van der Waals surface area contributed by atoms with Crippen molar-refractivity contribution in [2.45, 2.75) is 109 Å². The van der Waals surface area contributed by atoms with Crippen molar-refractivity contribution in [3.05, 3.63) is 12.0 Å². The average molecular weight is 400 g/mol. The number of hydrogen-bond acceptors (Lipinski definition) is 4. The van der Waals surface area contributed by atoms with Gasteiger partial charge in [0.1, 0.15) is 11.6 Å². The third-order valence-corrected chi connectivity index (χ3v) is 6.40. The van der Waals surface area contributed by atoms with E-state index in [-0.39, 0.29) is 0 Å². The van der Waals surface area contributed by atoms with Crippen LogP contribution in [0.4, 0.5) is 5.82 Å². The van der Waals surface area contributed by atoms with E-state index < -0.39 is 0 Å². The third-order valence-electron chi connectivity index (χ3n) is 6.40. The lowest BCUT2D eigenvalue weighted by molar-refractivity contribution is 0.429. The molecule has 2 heterocycles. The Morgan fingerprint density at radius 2 is 1.55 bits per heavy atom. The number of aryl methyl sites for hydroxylation is 1. The quantitative estimate of drug-likeness (QED) is 0.379. The molecule has 0 aromatic carbocycles. The maximum absolute atomic E-state index is 4.95. The molecule has 0 atom stereocenters. The largest absolute Gasteiger partial charge is 0.369 e. The second-order valence-corrected chi connectivity index (χ2v) is 8.88. The van der Waals surface area contributed by atoms with Crippen molar-refractivity contribution >= 4 is 16.9 Å². The minimum Gasteiger partial charge on any atom is -0.369 e. The molecule has 1 aliphatic carbocycles. The zero-order valence-electron chi connectivity index (χ0n) is 18.8. The number of hydrogen-bond donors (Lipinski definition) is 1. The first-order valence-corrected chi connectivity index (χ1v) is 12.2. The Labute approximate surface area is 177 Å². The molecule has 5 heteroatoms. The van der Waals surface area contributed by atoms with Gasteiger partial charge in [-0.15, -0.1) is 0 Å². The highest BCUT2D eigenvalue weighted by atomic mass is 15.3. The molecule has 1 N–H and O–H groups in total. The average Bonchev–Trinajstić information content (AvgIpc) is 3.13. The van der Waals surface area contributed by atoms with Gasteiger partial charge in [0.25, 0.3) is 0 Å². The summed E-state index contributed by atoms with van der Waals surface area (Å²) in [6.07, 6.45) is 22.0. The van der Waals surface area contributed by atoms with Gasteiger partial charge in [0.05, 0.1) is 11.6 Å². The molecule has 29 heavy (non-hydrogen) atoms. The van der Waals surface area contributed by atoms with Crippen molar-refractivity contribution in [2.24, 2.45) is 7.05 Å². The van der Waals surface area contributed by atoms with Gasteiger partial charge in [-0.1, -0.05) is 84.0 Å². The third kappa shape index (κ3) is 6.68. The molecular weight excluding hydrogens is 358 g/mol. The maximum atomic E-state index is 4.95. The van der Waals surface area contributed by atoms with Crippen LogP contribution < -0.4 is 5.32 Å². The van der Waals surface area contributed by atoms with Gasteiger partial charge >= 0.3 is 0 Å². The minimum absolute atomic E-state index is 0.515. The predicted octanol–water partition coefficient (Wildman–Crippen LogP) is 6.74. The number of aromatic nitrogens is 4. The molecule has 3 rings (SSSR count). The lowest BCUT2D eigenvalue weighted by atomic mass is 9.88. The van der Waals surface area contributed by atoms with Gasteiger partial charge in [-0.05, 0) is 19.3 Å². The zero-order valence-corrected chi connectivity index (χ0v) is 18.8. The molecule has 0 aliphatic heterocycles. The Bertz CT molecular complexity index is 717. The van der Waals surface area contributed by atoms with Crippen molar-refractivity contribution in [3.8, 4) is 0 Å². The summed E-state index contributed by atoms with van der Waals surface area (Å²) in [4.78, 5) is 9.82. The van der Waals surface area contributed by atoms with Crippen molar-refractivity contribution in [2.75, 3.05) is 11.9 Å². The van der Waals surface area contributed by atoms with Crippen LogP contribution in [0.15, 0.2) is 6.20 Å². The van der Waals surface area contributed by atoms with Crippen LogP contribution in [0, 0.1) is 0 Å². The molecule has 0 saturated heterocycles. The summed E-state index contributed by atoms with van der Waals surface area (Å²) in [5, 5.41) is 9.08. The number of fused-ring (bicyclic) bond motifs is 1. The first kappa shape index (κ1) is 22.0. The molecular formula is C24H41N5. The lowest BCUT2D eigenvalue weighted by Gasteiger charge is -2.21. The summed E-state index contributed by atoms with van der Waals surface area (Å²) in [6.45, 7) is 3.27. The second-order valence-electron chi connectivity index (χ2n) is 8.88. The van der Waals surface area contributed by atoms with E-state index in [1.165, 1.54) is 96.3 Å².